The van der Waals surface area contributed by atoms with Crippen LogP contribution < -0.4 is 0 Å². The molecular formula is C51H33N5. The summed E-state index contributed by atoms with van der Waals surface area (Å²) >= 11 is 0. The lowest BCUT2D eigenvalue weighted by Crippen LogP contribution is -2.00. The zero-order chi connectivity index (χ0) is 37.3. The zero-order valence-corrected chi connectivity index (χ0v) is 30.3. The maximum Gasteiger partial charge on any atom is 0.164 e. The maximum absolute atomic E-state index is 5.12. The third-order valence-corrected chi connectivity index (χ3v) is 10.2. The molecule has 0 fully saturated rings. The molecule has 0 aliphatic rings. The SMILES string of the molecule is c1ccc(-c2nc(-c3ccccc3)nc(-c3cc(-c4ccc(-c5nc6cnccc6c6ccccc56)cc4)cc(-c4ccccc4-c4ccccc4)c3)n2)cc1. The third-order valence-electron chi connectivity index (χ3n) is 10.2. The molecule has 5 heteroatoms. The van der Waals surface area contributed by atoms with Crippen molar-refractivity contribution in [3.8, 4) is 78.8 Å². The Balaban J connectivity index is 1.16. The molecule has 7 aromatic carbocycles. The molecule has 0 atom stereocenters. The molecule has 10 aromatic rings. The Hall–Kier alpha value is -7.63. The first kappa shape index (κ1) is 33.0. The molecule has 0 spiro atoms. The van der Waals surface area contributed by atoms with Gasteiger partial charge in [-0.2, -0.15) is 0 Å². The van der Waals surface area contributed by atoms with E-state index in [9.17, 15) is 0 Å². The first-order valence-corrected chi connectivity index (χ1v) is 18.7. The second-order valence-corrected chi connectivity index (χ2v) is 13.7. The minimum absolute atomic E-state index is 0.607. The van der Waals surface area contributed by atoms with E-state index in [-0.39, 0.29) is 0 Å². The Labute approximate surface area is 324 Å². The first-order chi connectivity index (χ1) is 27.7. The molecule has 3 aromatic heterocycles. The lowest BCUT2D eigenvalue weighted by Gasteiger charge is -2.15. The normalized spacial score (nSPS) is 11.2. The van der Waals surface area contributed by atoms with E-state index >= 15 is 0 Å². The van der Waals surface area contributed by atoms with Crippen LogP contribution in [0.2, 0.25) is 0 Å². The summed E-state index contributed by atoms with van der Waals surface area (Å²) in [5, 5.41) is 3.37. The van der Waals surface area contributed by atoms with E-state index < -0.39 is 0 Å². The highest BCUT2D eigenvalue weighted by Crippen LogP contribution is 2.39. The minimum atomic E-state index is 0.607. The second-order valence-electron chi connectivity index (χ2n) is 13.7. The van der Waals surface area contributed by atoms with Crippen molar-refractivity contribution in [3.63, 3.8) is 0 Å². The summed E-state index contributed by atoms with van der Waals surface area (Å²) in [6.07, 6.45) is 3.67. The molecule has 0 saturated carbocycles. The molecule has 0 unspecified atom stereocenters. The van der Waals surface area contributed by atoms with Crippen LogP contribution >= 0.6 is 0 Å². The van der Waals surface area contributed by atoms with Gasteiger partial charge in [0.05, 0.1) is 17.4 Å². The van der Waals surface area contributed by atoms with Gasteiger partial charge in [-0.1, -0.05) is 164 Å². The molecule has 0 radical (unpaired) electrons. The van der Waals surface area contributed by atoms with Crippen molar-refractivity contribution in [2.24, 2.45) is 0 Å². The van der Waals surface area contributed by atoms with Gasteiger partial charge in [-0.3, -0.25) is 4.98 Å². The van der Waals surface area contributed by atoms with Crippen LogP contribution in [0.4, 0.5) is 0 Å². The Morgan fingerprint density at radius 3 is 1.41 bits per heavy atom. The molecule has 262 valence electrons. The Kier molecular flexibility index (Phi) is 8.43. The van der Waals surface area contributed by atoms with Gasteiger partial charge in [-0.05, 0) is 63.0 Å². The maximum atomic E-state index is 5.12. The molecule has 0 aliphatic heterocycles. The van der Waals surface area contributed by atoms with E-state index in [4.69, 9.17) is 19.9 Å². The van der Waals surface area contributed by atoms with Crippen LogP contribution in [0.3, 0.4) is 0 Å². The van der Waals surface area contributed by atoms with Crippen LogP contribution in [0.25, 0.3) is 100 Å². The average molecular weight is 716 g/mol. The van der Waals surface area contributed by atoms with Gasteiger partial charge in [0.1, 0.15) is 0 Å². The van der Waals surface area contributed by atoms with E-state index in [0.717, 1.165) is 83.0 Å². The molecule has 56 heavy (non-hydrogen) atoms. The minimum Gasteiger partial charge on any atom is -0.262 e. The molecular weight excluding hydrogens is 683 g/mol. The van der Waals surface area contributed by atoms with Gasteiger partial charge in [-0.15, -0.1) is 0 Å². The van der Waals surface area contributed by atoms with Crippen LogP contribution in [0.15, 0.2) is 200 Å². The molecule has 10 rings (SSSR count). The van der Waals surface area contributed by atoms with Crippen molar-refractivity contribution in [2.75, 3.05) is 0 Å². The summed E-state index contributed by atoms with van der Waals surface area (Å²) in [4.78, 5) is 24.7. The molecule has 3 heterocycles. The summed E-state index contributed by atoms with van der Waals surface area (Å²) in [6, 6.07) is 65.2. The highest BCUT2D eigenvalue weighted by molar-refractivity contribution is 6.10. The molecule has 0 saturated heterocycles. The fraction of sp³-hybridized carbons (Fsp3) is 0. The quantitative estimate of drug-likeness (QED) is 0.154. The summed E-state index contributed by atoms with van der Waals surface area (Å²) in [5.41, 5.74) is 12.2. The largest absolute Gasteiger partial charge is 0.262 e. The molecule has 0 amide bonds. The van der Waals surface area contributed by atoms with Gasteiger partial charge in [0.25, 0.3) is 0 Å². The topological polar surface area (TPSA) is 64.5 Å². The highest BCUT2D eigenvalue weighted by Gasteiger charge is 2.17. The molecule has 0 N–H and O–H groups in total. The number of hydrogen-bond acceptors (Lipinski definition) is 5. The Morgan fingerprint density at radius 2 is 0.768 bits per heavy atom. The zero-order valence-electron chi connectivity index (χ0n) is 30.3. The monoisotopic (exact) mass is 715 g/mol. The van der Waals surface area contributed by atoms with Crippen LogP contribution in [-0.4, -0.2) is 24.9 Å². The van der Waals surface area contributed by atoms with Gasteiger partial charge in [0, 0.05) is 39.2 Å². The van der Waals surface area contributed by atoms with Crippen LogP contribution in [0, 0.1) is 0 Å². The van der Waals surface area contributed by atoms with Crippen molar-refractivity contribution in [2.45, 2.75) is 0 Å². The predicted molar refractivity (Wildman–Crippen MR) is 228 cm³/mol. The summed E-state index contributed by atoms with van der Waals surface area (Å²) in [6.45, 7) is 0. The van der Waals surface area contributed by atoms with Crippen molar-refractivity contribution in [1.29, 1.82) is 0 Å². The van der Waals surface area contributed by atoms with Gasteiger partial charge in [0.15, 0.2) is 17.5 Å². The molecule has 0 aliphatic carbocycles. The van der Waals surface area contributed by atoms with Crippen molar-refractivity contribution in [3.05, 3.63) is 200 Å². The first-order valence-electron chi connectivity index (χ1n) is 18.7. The van der Waals surface area contributed by atoms with E-state index in [1.807, 2.05) is 79.1 Å². The average Bonchev–Trinajstić information content (AvgIpc) is 3.29. The number of hydrogen-bond donors (Lipinski definition) is 0. The predicted octanol–water partition coefficient (Wildman–Crippen LogP) is 12.6. The Bertz CT molecular complexity index is 2940. The van der Waals surface area contributed by atoms with Crippen LogP contribution in [0.1, 0.15) is 0 Å². The van der Waals surface area contributed by atoms with E-state index in [1.165, 1.54) is 0 Å². The smallest absolute Gasteiger partial charge is 0.164 e. The van der Waals surface area contributed by atoms with E-state index in [0.29, 0.717) is 17.5 Å². The summed E-state index contributed by atoms with van der Waals surface area (Å²) < 4.78 is 0. The van der Waals surface area contributed by atoms with Gasteiger partial charge in [-0.25, -0.2) is 19.9 Å². The lowest BCUT2D eigenvalue weighted by molar-refractivity contribution is 1.07. The van der Waals surface area contributed by atoms with Crippen molar-refractivity contribution in [1.82, 2.24) is 24.9 Å². The van der Waals surface area contributed by atoms with Gasteiger partial charge < -0.3 is 0 Å². The van der Waals surface area contributed by atoms with Gasteiger partial charge >= 0.3 is 0 Å². The van der Waals surface area contributed by atoms with Crippen molar-refractivity contribution >= 4 is 21.7 Å². The number of rotatable bonds is 7. The molecule has 0 bridgehead atoms. The van der Waals surface area contributed by atoms with Gasteiger partial charge in [0.2, 0.25) is 0 Å². The summed E-state index contributed by atoms with van der Waals surface area (Å²) in [5.74, 6) is 1.86. The number of nitrogens with zero attached hydrogens (tertiary/aromatic N) is 5. The second kappa shape index (κ2) is 14.3. The van der Waals surface area contributed by atoms with Crippen molar-refractivity contribution < 1.29 is 0 Å². The van der Waals surface area contributed by atoms with Crippen LogP contribution in [0.5, 0.6) is 0 Å². The molecule has 5 nitrogen and oxygen atoms in total. The fourth-order valence-electron chi connectivity index (χ4n) is 7.47. The number of aromatic nitrogens is 5. The number of pyridine rings is 2. The highest BCUT2D eigenvalue weighted by atomic mass is 15.0. The van der Waals surface area contributed by atoms with E-state index in [2.05, 4.69) is 126 Å². The lowest BCUT2D eigenvalue weighted by atomic mass is 9.90. The van der Waals surface area contributed by atoms with Crippen LogP contribution in [-0.2, 0) is 0 Å². The standard InChI is InChI=1S/C51H33N5/c1-4-14-35(15-5-1)42-20-10-11-21-43(42)40-30-39(34-24-26-36(27-25-34)48-46-23-13-12-22-44(46)45-28-29-52-33-47(45)53-48)31-41(32-40)51-55-49(37-16-6-2-7-17-37)54-50(56-51)38-18-8-3-9-19-38/h1-33H. The number of benzene rings is 7. The van der Waals surface area contributed by atoms with E-state index in [1.54, 1.807) is 0 Å². The number of fused-ring (bicyclic) bond motifs is 3. The summed E-state index contributed by atoms with van der Waals surface area (Å²) in [7, 11) is 0. The third kappa shape index (κ3) is 6.27. The fourth-order valence-corrected chi connectivity index (χ4v) is 7.47. The Morgan fingerprint density at radius 1 is 0.286 bits per heavy atom.